The first-order valence-electron chi connectivity index (χ1n) is 6.06. The molecule has 0 bridgehead atoms. The molecule has 2 aromatic heterocycles. The zero-order valence-corrected chi connectivity index (χ0v) is 11.1. The predicted molar refractivity (Wildman–Crippen MR) is 71.1 cm³/mol. The Hall–Kier alpha value is -2.31. The number of aromatic amines is 1. The second-order valence-electron chi connectivity index (χ2n) is 4.06. The fourth-order valence-electron chi connectivity index (χ4n) is 2.12. The van der Waals surface area contributed by atoms with E-state index < -0.39 is 11.5 Å². The predicted octanol–water partition coefficient (Wildman–Crippen LogP) is 0.812. The van der Waals surface area contributed by atoms with Gasteiger partial charge in [0, 0.05) is 6.54 Å². The van der Waals surface area contributed by atoms with E-state index in [-0.39, 0.29) is 17.9 Å². The van der Waals surface area contributed by atoms with Crippen LogP contribution in [0.2, 0.25) is 0 Å². The van der Waals surface area contributed by atoms with Gasteiger partial charge >= 0.3 is 5.97 Å². The highest BCUT2D eigenvalue weighted by atomic mass is 16.5. The minimum absolute atomic E-state index is 0.0862. The Bertz CT molecular complexity index is 699. The van der Waals surface area contributed by atoms with Crippen molar-refractivity contribution >= 4 is 22.8 Å². The second-order valence-corrected chi connectivity index (χ2v) is 4.06. The minimum atomic E-state index is -0.606. The maximum atomic E-state index is 12.0. The molecule has 2 aromatic rings. The van der Waals surface area contributed by atoms with Crippen LogP contribution in [0.4, 0.5) is 5.69 Å². The number of fused-ring (bicyclic) bond motifs is 1. The first-order chi connectivity index (χ1) is 9.01. The highest BCUT2D eigenvalue weighted by molar-refractivity contribution is 6.06. The molecule has 0 aliphatic heterocycles. The van der Waals surface area contributed by atoms with Crippen LogP contribution in [-0.4, -0.2) is 27.1 Å². The lowest BCUT2D eigenvalue weighted by Crippen LogP contribution is -2.20. The number of carbonyl (C=O) groups is 1. The van der Waals surface area contributed by atoms with E-state index in [1.165, 1.54) is 0 Å². The molecule has 0 atom stereocenters. The molecular formula is C12H16N4O3. The molecule has 19 heavy (non-hydrogen) atoms. The number of nitrogens with one attached hydrogen (secondary N) is 1. The van der Waals surface area contributed by atoms with Crippen molar-refractivity contribution in [2.45, 2.75) is 27.3 Å². The molecule has 102 valence electrons. The Morgan fingerprint density at radius 1 is 1.47 bits per heavy atom. The van der Waals surface area contributed by atoms with Crippen molar-refractivity contribution in [2.75, 3.05) is 12.3 Å². The van der Waals surface area contributed by atoms with E-state index in [1.807, 2.05) is 11.5 Å². The van der Waals surface area contributed by atoms with Crippen molar-refractivity contribution in [3.05, 3.63) is 21.7 Å². The van der Waals surface area contributed by atoms with Gasteiger partial charge in [-0.05, 0) is 20.8 Å². The lowest BCUT2D eigenvalue weighted by atomic mass is 10.2. The Morgan fingerprint density at radius 2 is 2.16 bits per heavy atom. The van der Waals surface area contributed by atoms with Gasteiger partial charge in [0.25, 0.3) is 5.56 Å². The first kappa shape index (κ1) is 13.1. The van der Waals surface area contributed by atoms with E-state index in [9.17, 15) is 9.59 Å². The highest BCUT2D eigenvalue weighted by Gasteiger charge is 2.22. The number of rotatable bonds is 3. The van der Waals surface area contributed by atoms with Crippen molar-refractivity contribution < 1.29 is 9.53 Å². The monoisotopic (exact) mass is 264 g/mol. The van der Waals surface area contributed by atoms with E-state index in [0.29, 0.717) is 23.5 Å². The van der Waals surface area contributed by atoms with Gasteiger partial charge < -0.3 is 20.0 Å². The normalized spacial score (nSPS) is 10.9. The number of nitrogen functional groups attached to an aromatic ring is 1. The quantitative estimate of drug-likeness (QED) is 0.798. The van der Waals surface area contributed by atoms with E-state index in [1.54, 1.807) is 13.8 Å². The number of aryl methyl sites for hydroxylation is 2. The molecule has 0 fully saturated rings. The fraction of sp³-hybridized carbons (Fsp3) is 0.417. The number of pyridine rings is 1. The summed E-state index contributed by atoms with van der Waals surface area (Å²) in [4.78, 5) is 30.6. The molecule has 2 heterocycles. The van der Waals surface area contributed by atoms with Crippen molar-refractivity contribution in [3.8, 4) is 0 Å². The third-order valence-electron chi connectivity index (χ3n) is 2.94. The van der Waals surface area contributed by atoms with Gasteiger partial charge in [-0.15, -0.1) is 0 Å². The number of nitrogens with two attached hydrogens (primary N) is 1. The zero-order chi connectivity index (χ0) is 14.2. The highest BCUT2D eigenvalue weighted by Crippen LogP contribution is 2.22. The molecule has 0 saturated heterocycles. The average molecular weight is 264 g/mol. The number of carbonyl (C=O) groups excluding carboxylic acids is 1. The van der Waals surface area contributed by atoms with Gasteiger partial charge in [-0.3, -0.25) is 4.79 Å². The number of hydrogen-bond donors (Lipinski definition) is 2. The summed E-state index contributed by atoms with van der Waals surface area (Å²) >= 11 is 0. The number of esters is 1. The summed E-state index contributed by atoms with van der Waals surface area (Å²) in [5.41, 5.74) is 6.00. The van der Waals surface area contributed by atoms with E-state index >= 15 is 0 Å². The summed E-state index contributed by atoms with van der Waals surface area (Å²) in [7, 11) is 0. The van der Waals surface area contributed by atoms with Gasteiger partial charge in [0.1, 0.15) is 22.6 Å². The summed E-state index contributed by atoms with van der Waals surface area (Å²) in [6.45, 7) is 6.24. The number of aromatic nitrogens is 3. The number of ether oxygens (including phenoxy) is 1. The summed E-state index contributed by atoms with van der Waals surface area (Å²) in [5.74, 6) is 0.0926. The number of imidazole rings is 1. The van der Waals surface area contributed by atoms with Crippen LogP contribution in [0.25, 0.3) is 11.2 Å². The number of anilines is 1. The molecule has 7 nitrogen and oxygen atoms in total. The first-order valence-corrected chi connectivity index (χ1v) is 6.06. The molecule has 0 aromatic carbocycles. The Morgan fingerprint density at radius 3 is 2.74 bits per heavy atom. The van der Waals surface area contributed by atoms with Crippen molar-refractivity contribution in [1.29, 1.82) is 0 Å². The third kappa shape index (κ3) is 1.96. The molecule has 0 amide bonds. The summed E-state index contributed by atoms with van der Waals surface area (Å²) < 4.78 is 6.78. The van der Waals surface area contributed by atoms with Crippen LogP contribution in [-0.2, 0) is 11.3 Å². The molecule has 0 unspecified atom stereocenters. The van der Waals surface area contributed by atoms with Crippen LogP contribution in [0.15, 0.2) is 4.79 Å². The van der Waals surface area contributed by atoms with Crippen LogP contribution in [0.1, 0.15) is 30.0 Å². The van der Waals surface area contributed by atoms with Crippen LogP contribution in [0.5, 0.6) is 0 Å². The lowest BCUT2D eigenvalue weighted by Gasteiger charge is -2.09. The standard InChI is InChI=1S/C12H16N4O3/c1-4-16-6(3)14-10-9(16)7(12(18)19-5-2)8(13)11(17)15-10/h4-5,13H2,1-3H3,(H,15,17). The number of H-pyrrole nitrogens is 1. The molecule has 3 N–H and O–H groups in total. The second kappa shape index (κ2) is 4.75. The van der Waals surface area contributed by atoms with Crippen molar-refractivity contribution in [1.82, 2.24) is 14.5 Å². The molecular weight excluding hydrogens is 248 g/mol. The maximum Gasteiger partial charge on any atom is 0.342 e. The van der Waals surface area contributed by atoms with Crippen molar-refractivity contribution in [3.63, 3.8) is 0 Å². The van der Waals surface area contributed by atoms with Gasteiger partial charge in [-0.1, -0.05) is 0 Å². The number of hydrogen-bond acceptors (Lipinski definition) is 5. The summed E-state index contributed by atoms with van der Waals surface area (Å²) in [6, 6.07) is 0. The van der Waals surface area contributed by atoms with E-state index in [0.717, 1.165) is 0 Å². The fourth-order valence-corrected chi connectivity index (χ4v) is 2.12. The summed E-state index contributed by atoms with van der Waals surface area (Å²) in [6.07, 6.45) is 0. The summed E-state index contributed by atoms with van der Waals surface area (Å²) in [5, 5.41) is 0. The lowest BCUT2D eigenvalue weighted by molar-refractivity contribution is 0.0529. The van der Waals surface area contributed by atoms with Gasteiger partial charge in [-0.25, -0.2) is 9.78 Å². The third-order valence-corrected chi connectivity index (χ3v) is 2.94. The van der Waals surface area contributed by atoms with E-state index in [2.05, 4.69) is 9.97 Å². The Balaban J connectivity index is 2.88. The molecule has 2 rings (SSSR count). The minimum Gasteiger partial charge on any atom is -0.462 e. The van der Waals surface area contributed by atoms with Crippen molar-refractivity contribution in [2.24, 2.45) is 0 Å². The van der Waals surface area contributed by atoms with Gasteiger partial charge in [-0.2, -0.15) is 0 Å². The van der Waals surface area contributed by atoms with Crippen LogP contribution in [0.3, 0.4) is 0 Å². The number of nitrogens with zero attached hydrogens (tertiary/aromatic N) is 2. The van der Waals surface area contributed by atoms with Crippen LogP contribution in [0, 0.1) is 6.92 Å². The largest absolute Gasteiger partial charge is 0.462 e. The van der Waals surface area contributed by atoms with Crippen LogP contribution >= 0.6 is 0 Å². The molecule has 0 radical (unpaired) electrons. The molecule has 7 heteroatoms. The zero-order valence-electron chi connectivity index (χ0n) is 11.1. The molecule has 0 aliphatic rings. The molecule has 0 spiro atoms. The van der Waals surface area contributed by atoms with Gasteiger partial charge in [0.15, 0.2) is 5.65 Å². The molecule has 0 saturated carbocycles. The van der Waals surface area contributed by atoms with E-state index in [4.69, 9.17) is 10.5 Å². The topological polar surface area (TPSA) is 103 Å². The van der Waals surface area contributed by atoms with Gasteiger partial charge in [0.2, 0.25) is 0 Å². The molecule has 0 aliphatic carbocycles. The Kier molecular flexibility index (Phi) is 3.28. The van der Waals surface area contributed by atoms with Crippen LogP contribution < -0.4 is 11.3 Å². The smallest absolute Gasteiger partial charge is 0.342 e. The average Bonchev–Trinajstić information content (AvgIpc) is 2.66. The maximum absolute atomic E-state index is 12.0. The van der Waals surface area contributed by atoms with Gasteiger partial charge in [0.05, 0.1) is 6.61 Å². The Labute approximate surface area is 109 Å². The SMILES string of the molecule is CCOC(=O)c1c(N)c(=O)[nH]c2nc(C)n(CC)c12.